The molecule has 5 heteroatoms. The van der Waals surface area contributed by atoms with Gasteiger partial charge in [0.15, 0.2) is 0 Å². The number of nitrogens with zero attached hydrogens (tertiary/aromatic N) is 2. The summed E-state index contributed by atoms with van der Waals surface area (Å²) in [5.41, 5.74) is 2.97. The van der Waals surface area contributed by atoms with Crippen LogP contribution in [0.4, 0.5) is 4.39 Å². The van der Waals surface area contributed by atoms with E-state index in [2.05, 4.69) is 10.2 Å². The normalized spacial score (nSPS) is 21.4. The Labute approximate surface area is 189 Å². The first-order valence-electron chi connectivity index (χ1n) is 12.0. The summed E-state index contributed by atoms with van der Waals surface area (Å²) in [5, 5.41) is 4.22. The summed E-state index contributed by atoms with van der Waals surface area (Å²) in [5.74, 6) is 0.655. The van der Waals surface area contributed by atoms with Crippen molar-refractivity contribution in [2.75, 3.05) is 19.6 Å². The lowest BCUT2D eigenvalue weighted by molar-refractivity contribution is -0.121. The van der Waals surface area contributed by atoms with Crippen molar-refractivity contribution < 1.29 is 9.18 Å². The number of hydrogen-bond donors (Lipinski definition) is 1. The number of rotatable bonds is 6. The maximum atomic E-state index is 13.4. The van der Waals surface area contributed by atoms with Gasteiger partial charge >= 0.3 is 0 Å². The SMILES string of the molecule is O=C(Cn1ccc2cccc(-c3ccc(F)cc3)c21)NCCN1CCC[C@@H]2CCCC[C@@H]21. The number of fused-ring (bicyclic) bond motifs is 2. The monoisotopic (exact) mass is 433 g/mol. The van der Waals surface area contributed by atoms with Crippen LogP contribution in [-0.4, -0.2) is 41.1 Å². The molecule has 1 aliphatic carbocycles. The summed E-state index contributed by atoms with van der Waals surface area (Å²) in [6, 6.07) is 15.4. The Morgan fingerprint density at radius 1 is 1.00 bits per heavy atom. The molecular weight excluding hydrogens is 401 g/mol. The van der Waals surface area contributed by atoms with Gasteiger partial charge in [-0.2, -0.15) is 0 Å². The fourth-order valence-corrected chi connectivity index (χ4v) is 5.81. The highest BCUT2D eigenvalue weighted by molar-refractivity contribution is 5.95. The van der Waals surface area contributed by atoms with Crippen molar-refractivity contribution in [3.8, 4) is 11.1 Å². The second kappa shape index (κ2) is 9.45. The van der Waals surface area contributed by atoms with Crippen molar-refractivity contribution in [1.82, 2.24) is 14.8 Å². The smallest absolute Gasteiger partial charge is 0.239 e. The summed E-state index contributed by atoms with van der Waals surface area (Å²) >= 11 is 0. The van der Waals surface area contributed by atoms with E-state index >= 15 is 0 Å². The van der Waals surface area contributed by atoms with Gasteiger partial charge in [-0.15, -0.1) is 0 Å². The molecule has 0 unspecified atom stereocenters. The first-order chi connectivity index (χ1) is 15.7. The maximum absolute atomic E-state index is 13.4. The third kappa shape index (κ3) is 4.44. The van der Waals surface area contributed by atoms with Gasteiger partial charge < -0.3 is 9.88 Å². The van der Waals surface area contributed by atoms with Gasteiger partial charge in [-0.1, -0.05) is 43.2 Å². The Bertz CT molecular complexity index is 1070. The molecule has 2 atom stereocenters. The largest absolute Gasteiger partial charge is 0.353 e. The summed E-state index contributed by atoms with van der Waals surface area (Å²) in [6.45, 7) is 3.10. The van der Waals surface area contributed by atoms with E-state index in [1.807, 2.05) is 35.0 Å². The average molecular weight is 434 g/mol. The molecule has 1 saturated heterocycles. The molecule has 0 bridgehead atoms. The van der Waals surface area contributed by atoms with E-state index in [-0.39, 0.29) is 18.3 Å². The fourth-order valence-electron chi connectivity index (χ4n) is 5.81. The lowest BCUT2D eigenvalue weighted by atomic mass is 9.78. The van der Waals surface area contributed by atoms with Crippen LogP contribution in [-0.2, 0) is 11.3 Å². The van der Waals surface area contributed by atoms with Gasteiger partial charge in [0.05, 0.1) is 5.52 Å². The molecule has 2 fully saturated rings. The van der Waals surface area contributed by atoms with Gasteiger partial charge in [-0.3, -0.25) is 9.69 Å². The molecule has 1 saturated carbocycles. The van der Waals surface area contributed by atoms with Crippen molar-refractivity contribution in [3.05, 3.63) is 60.5 Å². The van der Waals surface area contributed by atoms with E-state index < -0.39 is 0 Å². The Morgan fingerprint density at radius 3 is 2.69 bits per heavy atom. The molecule has 1 aliphatic heterocycles. The van der Waals surface area contributed by atoms with Gasteiger partial charge in [0.25, 0.3) is 0 Å². The Kier molecular flexibility index (Phi) is 6.26. The number of halogens is 1. The standard InChI is InChI=1S/C27H32FN3O/c28-23-12-10-20(11-13-23)24-8-3-6-22-14-17-31(27(22)24)19-26(32)29-15-18-30-16-4-7-21-5-1-2-9-25(21)30/h3,6,8,10-14,17,21,25H,1-2,4-5,7,9,15-16,18-19H2,(H,29,32)/t21-,25-/m0/s1. The zero-order valence-electron chi connectivity index (χ0n) is 18.6. The van der Waals surface area contributed by atoms with Gasteiger partial charge in [0, 0.05) is 36.3 Å². The number of nitrogens with one attached hydrogen (secondary N) is 1. The first-order valence-corrected chi connectivity index (χ1v) is 12.0. The maximum Gasteiger partial charge on any atom is 0.239 e. The minimum Gasteiger partial charge on any atom is -0.353 e. The molecule has 2 aliphatic rings. The van der Waals surface area contributed by atoms with Crippen LogP contribution in [0.25, 0.3) is 22.0 Å². The highest BCUT2D eigenvalue weighted by Crippen LogP contribution is 2.35. The fraction of sp³-hybridized carbons (Fsp3) is 0.444. The number of amides is 1. The third-order valence-corrected chi connectivity index (χ3v) is 7.34. The number of aromatic nitrogens is 1. The number of carbonyl (C=O) groups excluding carboxylic acids is 1. The molecular formula is C27H32FN3O. The van der Waals surface area contributed by atoms with Crippen LogP contribution in [0, 0.1) is 11.7 Å². The molecule has 1 N–H and O–H groups in total. The molecule has 2 heterocycles. The molecule has 2 aromatic carbocycles. The molecule has 1 amide bonds. The predicted octanol–water partition coefficient (Wildman–Crippen LogP) is 5.22. The average Bonchev–Trinajstić information content (AvgIpc) is 3.23. The number of carbonyl (C=O) groups is 1. The number of para-hydroxylation sites is 1. The molecule has 3 aromatic rings. The topological polar surface area (TPSA) is 37.3 Å². The van der Waals surface area contributed by atoms with Crippen molar-refractivity contribution in [2.45, 2.75) is 51.1 Å². The van der Waals surface area contributed by atoms with Crippen molar-refractivity contribution in [1.29, 1.82) is 0 Å². The molecule has 0 spiro atoms. The summed E-state index contributed by atoms with van der Waals surface area (Å²) < 4.78 is 15.4. The zero-order valence-corrected chi connectivity index (χ0v) is 18.6. The Hall–Kier alpha value is -2.66. The van der Waals surface area contributed by atoms with Crippen LogP contribution in [0.1, 0.15) is 38.5 Å². The summed E-state index contributed by atoms with van der Waals surface area (Å²) in [4.78, 5) is 15.4. The minimum atomic E-state index is -0.246. The summed E-state index contributed by atoms with van der Waals surface area (Å²) in [6.07, 6.45) is 10.1. The predicted molar refractivity (Wildman–Crippen MR) is 127 cm³/mol. The number of likely N-dealkylation sites (tertiary alicyclic amines) is 1. The van der Waals surface area contributed by atoms with E-state index in [4.69, 9.17) is 0 Å². The van der Waals surface area contributed by atoms with Gasteiger partial charge in [-0.05, 0) is 61.9 Å². The molecule has 0 radical (unpaired) electrons. The molecule has 168 valence electrons. The van der Waals surface area contributed by atoms with Crippen LogP contribution in [0.2, 0.25) is 0 Å². The minimum absolute atomic E-state index is 0.0358. The van der Waals surface area contributed by atoms with Crippen LogP contribution in [0.3, 0.4) is 0 Å². The molecule has 32 heavy (non-hydrogen) atoms. The van der Waals surface area contributed by atoms with E-state index in [0.29, 0.717) is 6.54 Å². The number of hydrogen-bond acceptors (Lipinski definition) is 2. The van der Waals surface area contributed by atoms with Crippen LogP contribution in [0.5, 0.6) is 0 Å². The van der Waals surface area contributed by atoms with Crippen molar-refractivity contribution in [3.63, 3.8) is 0 Å². The third-order valence-electron chi connectivity index (χ3n) is 7.34. The van der Waals surface area contributed by atoms with E-state index in [9.17, 15) is 9.18 Å². The second-order valence-corrected chi connectivity index (χ2v) is 9.33. The Balaban J connectivity index is 1.24. The van der Waals surface area contributed by atoms with Crippen LogP contribution >= 0.6 is 0 Å². The highest BCUT2D eigenvalue weighted by Gasteiger charge is 2.32. The van der Waals surface area contributed by atoms with Gasteiger partial charge in [-0.25, -0.2) is 4.39 Å². The summed E-state index contributed by atoms with van der Waals surface area (Å²) in [7, 11) is 0. The van der Waals surface area contributed by atoms with Crippen molar-refractivity contribution >= 4 is 16.8 Å². The van der Waals surface area contributed by atoms with E-state index in [0.717, 1.165) is 40.5 Å². The molecule has 4 nitrogen and oxygen atoms in total. The van der Waals surface area contributed by atoms with Crippen LogP contribution < -0.4 is 5.32 Å². The second-order valence-electron chi connectivity index (χ2n) is 9.33. The number of piperidine rings is 1. The molecule has 1 aromatic heterocycles. The lowest BCUT2D eigenvalue weighted by Gasteiger charge is -2.44. The first kappa shape index (κ1) is 21.2. The van der Waals surface area contributed by atoms with Crippen molar-refractivity contribution in [2.24, 2.45) is 5.92 Å². The zero-order chi connectivity index (χ0) is 21.9. The molecule has 5 rings (SSSR count). The van der Waals surface area contributed by atoms with E-state index in [1.165, 1.54) is 57.2 Å². The van der Waals surface area contributed by atoms with Gasteiger partial charge in [0.2, 0.25) is 5.91 Å². The van der Waals surface area contributed by atoms with Crippen LogP contribution in [0.15, 0.2) is 54.7 Å². The van der Waals surface area contributed by atoms with Gasteiger partial charge in [0.1, 0.15) is 12.4 Å². The lowest BCUT2D eigenvalue weighted by Crippen LogP contribution is -2.49. The number of benzene rings is 2. The van der Waals surface area contributed by atoms with E-state index in [1.54, 1.807) is 12.1 Å². The Morgan fingerprint density at radius 2 is 1.81 bits per heavy atom. The quantitative estimate of drug-likeness (QED) is 0.579. The highest BCUT2D eigenvalue weighted by atomic mass is 19.1.